The molecule has 4 amide bonds. The fourth-order valence-electron chi connectivity index (χ4n) is 5.90. The molecule has 5 fully saturated rings. The molecule has 0 radical (unpaired) electrons. The minimum Gasteiger partial charge on any atom is -0.350 e. The zero-order chi connectivity index (χ0) is 27.4. The second kappa shape index (κ2) is 9.17. The second-order valence-electron chi connectivity index (χ2n) is 12.2. The maximum Gasteiger partial charge on any atom is 0.471 e. The number of likely N-dealkylation sites (tertiary alicyclic amines) is 1. The SMILES string of the molecule is CC1(C(NC(=O)C(F)(F)F)C(=O)N2CC3C(C2)C3(C)C)CC1.N#CC(CC1CC2(CC2)NC1=O)NC=O. The van der Waals surface area contributed by atoms with Crippen molar-refractivity contribution in [2.24, 2.45) is 28.6 Å². The Morgan fingerprint density at radius 1 is 1.19 bits per heavy atom. The quantitative estimate of drug-likeness (QED) is 0.435. The number of halogens is 3. The molecule has 5 rings (SSSR count). The van der Waals surface area contributed by atoms with Crippen molar-refractivity contribution in [3.63, 3.8) is 0 Å². The summed E-state index contributed by atoms with van der Waals surface area (Å²) in [6.07, 6.45) is 0.197. The van der Waals surface area contributed by atoms with Gasteiger partial charge in [0, 0.05) is 24.5 Å². The number of nitrogens with one attached hydrogen (secondary N) is 3. The molecule has 9 nitrogen and oxygen atoms in total. The highest BCUT2D eigenvalue weighted by molar-refractivity contribution is 5.91. The first-order valence-corrected chi connectivity index (χ1v) is 12.7. The third-order valence-electron chi connectivity index (χ3n) is 9.14. The number of amides is 4. The van der Waals surface area contributed by atoms with Crippen molar-refractivity contribution >= 4 is 24.1 Å². The Morgan fingerprint density at radius 3 is 2.22 bits per heavy atom. The highest BCUT2D eigenvalue weighted by Crippen LogP contribution is 2.62. The topological polar surface area (TPSA) is 131 Å². The number of fused-ring (bicyclic) bond motifs is 1. The molecule has 0 aromatic rings. The first-order chi connectivity index (χ1) is 17.2. The Labute approximate surface area is 213 Å². The van der Waals surface area contributed by atoms with Crippen LogP contribution in [0.2, 0.25) is 0 Å². The van der Waals surface area contributed by atoms with Gasteiger partial charge in [0.1, 0.15) is 12.1 Å². The predicted molar refractivity (Wildman–Crippen MR) is 124 cm³/mol. The smallest absolute Gasteiger partial charge is 0.350 e. The van der Waals surface area contributed by atoms with E-state index < -0.39 is 29.6 Å². The molecule has 0 bridgehead atoms. The molecule has 3 aliphatic carbocycles. The van der Waals surface area contributed by atoms with Crippen LogP contribution in [-0.2, 0) is 19.2 Å². The average molecular weight is 526 g/mol. The van der Waals surface area contributed by atoms with Crippen LogP contribution in [0.25, 0.3) is 0 Å². The molecule has 5 aliphatic rings. The molecule has 3 saturated carbocycles. The highest BCUT2D eigenvalue weighted by Gasteiger charge is 2.64. The van der Waals surface area contributed by atoms with Crippen LogP contribution in [0.1, 0.15) is 59.3 Å². The van der Waals surface area contributed by atoms with Crippen LogP contribution in [0.15, 0.2) is 0 Å². The van der Waals surface area contributed by atoms with Crippen molar-refractivity contribution in [3.8, 4) is 6.07 Å². The predicted octanol–water partition coefficient (Wildman–Crippen LogP) is 1.63. The van der Waals surface area contributed by atoms with E-state index in [1.54, 1.807) is 11.8 Å². The second-order valence-corrected chi connectivity index (χ2v) is 12.2. The van der Waals surface area contributed by atoms with E-state index in [2.05, 4.69) is 24.5 Å². The third kappa shape index (κ3) is 5.55. The maximum absolute atomic E-state index is 12.6. The number of alkyl halides is 3. The lowest BCUT2D eigenvalue weighted by Gasteiger charge is -2.30. The molecule has 1 spiro atoms. The summed E-state index contributed by atoms with van der Waals surface area (Å²) in [5.41, 5.74) is -0.270. The van der Waals surface area contributed by atoms with Gasteiger partial charge in [0.15, 0.2) is 0 Å². The minimum atomic E-state index is -4.96. The van der Waals surface area contributed by atoms with Crippen LogP contribution >= 0.6 is 0 Å². The monoisotopic (exact) mass is 525 g/mol. The number of hydrogen-bond acceptors (Lipinski definition) is 5. The molecule has 2 saturated heterocycles. The van der Waals surface area contributed by atoms with E-state index in [4.69, 9.17) is 5.26 Å². The van der Waals surface area contributed by atoms with Gasteiger partial charge >= 0.3 is 12.1 Å². The average Bonchev–Trinajstić information content (AvgIpc) is 3.73. The van der Waals surface area contributed by atoms with Crippen LogP contribution < -0.4 is 16.0 Å². The molecule has 5 atom stereocenters. The number of rotatable bonds is 7. The molecule has 5 unspecified atom stereocenters. The summed E-state index contributed by atoms with van der Waals surface area (Å²) in [6, 6.07) is 0.360. The first-order valence-electron chi connectivity index (χ1n) is 12.7. The number of nitrogens with zero attached hydrogens (tertiary/aromatic N) is 2. The zero-order valence-electron chi connectivity index (χ0n) is 21.3. The molecule has 37 heavy (non-hydrogen) atoms. The molecule has 3 N–H and O–H groups in total. The Balaban J connectivity index is 0.000000186. The lowest BCUT2D eigenvalue weighted by Crippen LogP contribution is -2.55. The number of nitriles is 1. The zero-order valence-corrected chi connectivity index (χ0v) is 21.3. The standard InChI is InChI=1S/C15H21F3N2O2.C10H13N3O2/c1-13(2)8-6-20(7-9(8)13)11(21)10(14(3)4-5-14)19-12(22)15(16,17)18;11-5-8(12-6-14)3-7-4-10(1-2-10)13-9(7)15/h8-10H,4-7H2,1-3H3,(H,19,22);6-8H,1-4H2,(H,12,14)(H,13,15). The van der Waals surface area contributed by atoms with Crippen molar-refractivity contribution < 1.29 is 32.3 Å². The summed E-state index contributed by atoms with van der Waals surface area (Å²) in [5.74, 6) is -1.61. The normalized spacial score (nSPS) is 30.5. The maximum atomic E-state index is 12.6. The van der Waals surface area contributed by atoms with E-state index in [-0.39, 0.29) is 28.7 Å². The van der Waals surface area contributed by atoms with Crippen molar-refractivity contribution in [3.05, 3.63) is 0 Å². The van der Waals surface area contributed by atoms with Crippen LogP contribution in [-0.4, -0.2) is 65.9 Å². The number of carbonyl (C=O) groups excluding carboxylic acids is 4. The van der Waals surface area contributed by atoms with E-state index in [0.29, 0.717) is 50.6 Å². The lowest BCUT2D eigenvalue weighted by atomic mass is 9.96. The molecule has 2 heterocycles. The number of carbonyl (C=O) groups is 4. The largest absolute Gasteiger partial charge is 0.471 e. The van der Waals surface area contributed by atoms with Gasteiger partial charge in [-0.3, -0.25) is 19.2 Å². The molecule has 2 aliphatic heterocycles. The van der Waals surface area contributed by atoms with Crippen molar-refractivity contribution in [1.82, 2.24) is 20.9 Å². The Hall–Kier alpha value is -2.84. The third-order valence-corrected chi connectivity index (χ3v) is 9.14. The Kier molecular flexibility index (Phi) is 6.74. The first kappa shape index (κ1) is 27.2. The molecular formula is C25H34F3N5O4. The van der Waals surface area contributed by atoms with E-state index >= 15 is 0 Å². The summed E-state index contributed by atoms with van der Waals surface area (Å²) >= 11 is 0. The molecule has 0 aromatic carbocycles. The molecule has 12 heteroatoms. The van der Waals surface area contributed by atoms with Gasteiger partial charge in [0.2, 0.25) is 18.2 Å². The minimum absolute atomic E-state index is 0.0282. The van der Waals surface area contributed by atoms with Crippen LogP contribution in [0, 0.1) is 39.9 Å². The van der Waals surface area contributed by atoms with Gasteiger partial charge in [-0.1, -0.05) is 20.8 Å². The van der Waals surface area contributed by atoms with Gasteiger partial charge < -0.3 is 20.9 Å². The fourth-order valence-corrected chi connectivity index (χ4v) is 5.90. The van der Waals surface area contributed by atoms with Gasteiger partial charge in [-0.25, -0.2) is 0 Å². The Bertz CT molecular complexity index is 1000. The number of piperidine rings is 1. The van der Waals surface area contributed by atoms with Gasteiger partial charge in [0.05, 0.1) is 6.07 Å². The number of hydrogen-bond donors (Lipinski definition) is 3. The Morgan fingerprint density at radius 2 is 1.78 bits per heavy atom. The molecule has 0 aromatic heterocycles. The molecular weight excluding hydrogens is 491 g/mol. The lowest BCUT2D eigenvalue weighted by molar-refractivity contribution is -0.175. The summed E-state index contributed by atoms with van der Waals surface area (Å²) in [4.78, 5) is 47.2. The van der Waals surface area contributed by atoms with E-state index in [9.17, 15) is 32.3 Å². The van der Waals surface area contributed by atoms with Crippen LogP contribution in [0.5, 0.6) is 0 Å². The van der Waals surface area contributed by atoms with Gasteiger partial charge in [0.25, 0.3) is 0 Å². The summed E-state index contributed by atoms with van der Waals surface area (Å²) < 4.78 is 37.5. The summed E-state index contributed by atoms with van der Waals surface area (Å²) in [6.45, 7) is 7.23. The van der Waals surface area contributed by atoms with Gasteiger partial charge in [-0.05, 0) is 61.2 Å². The fraction of sp³-hybridized carbons (Fsp3) is 0.800. The summed E-state index contributed by atoms with van der Waals surface area (Å²) in [7, 11) is 0. The van der Waals surface area contributed by atoms with Crippen LogP contribution in [0.3, 0.4) is 0 Å². The van der Waals surface area contributed by atoms with Crippen molar-refractivity contribution in [1.29, 1.82) is 5.26 Å². The summed E-state index contributed by atoms with van der Waals surface area (Å²) in [5, 5.41) is 16.0. The van der Waals surface area contributed by atoms with Crippen LogP contribution in [0.4, 0.5) is 13.2 Å². The molecule has 204 valence electrons. The van der Waals surface area contributed by atoms with Gasteiger partial charge in [-0.15, -0.1) is 0 Å². The van der Waals surface area contributed by atoms with E-state index in [1.807, 2.05) is 11.4 Å². The van der Waals surface area contributed by atoms with Gasteiger partial charge in [-0.2, -0.15) is 18.4 Å². The van der Waals surface area contributed by atoms with Crippen molar-refractivity contribution in [2.45, 2.75) is 83.1 Å². The highest BCUT2D eigenvalue weighted by atomic mass is 19.4. The van der Waals surface area contributed by atoms with E-state index in [1.165, 1.54) is 0 Å². The van der Waals surface area contributed by atoms with Crippen molar-refractivity contribution in [2.75, 3.05) is 13.1 Å². The van der Waals surface area contributed by atoms with E-state index in [0.717, 1.165) is 19.3 Å².